The lowest BCUT2D eigenvalue weighted by atomic mass is 10.1. The molecule has 3 aromatic heterocycles. The van der Waals surface area contributed by atoms with Crippen LogP contribution in [-0.4, -0.2) is 64.5 Å². The minimum absolute atomic E-state index is 0.126. The first kappa shape index (κ1) is 22.7. The topological polar surface area (TPSA) is 88.4 Å². The summed E-state index contributed by atoms with van der Waals surface area (Å²) in [6.07, 6.45) is 1.70. The van der Waals surface area contributed by atoms with E-state index in [9.17, 15) is 13.2 Å². The van der Waals surface area contributed by atoms with Gasteiger partial charge >= 0.3 is 0 Å². The van der Waals surface area contributed by atoms with Gasteiger partial charge in [-0.05, 0) is 43.5 Å². The zero-order valence-corrected chi connectivity index (χ0v) is 20.6. The summed E-state index contributed by atoms with van der Waals surface area (Å²) in [5.41, 5.74) is 2.98. The number of rotatable bonds is 5. The lowest BCUT2D eigenvalue weighted by molar-refractivity contribution is 0.0699. The van der Waals surface area contributed by atoms with Gasteiger partial charge in [0.1, 0.15) is 0 Å². The van der Waals surface area contributed by atoms with E-state index in [0.29, 0.717) is 36.2 Å². The van der Waals surface area contributed by atoms with Gasteiger partial charge in [0, 0.05) is 36.8 Å². The number of pyridine rings is 1. The first-order valence-corrected chi connectivity index (χ1v) is 13.4. The maximum Gasteiger partial charge on any atom is 0.254 e. The number of piperazine rings is 1. The molecular weight excluding hydrogens is 470 g/mol. The predicted molar refractivity (Wildman–Crippen MR) is 132 cm³/mol. The Kier molecular flexibility index (Phi) is 5.97. The molecule has 0 radical (unpaired) electrons. The Bertz CT molecular complexity index is 1440. The van der Waals surface area contributed by atoms with Gasteiger partial charge in [-0.3, -0.25) is 4.79 Å². The summed E-state index contributed by atoms with van der Waals surface area (Å²) in [5, 5.41) is 7.22. The Balaban J connectivity index is 1.35. The molecule has 176 valence electrons. The average molecular weight is 496 g/mol. The van der Waals surface area contributed by atoms with Crippen molar-refractivity contribution in [3.05, 3.63) is 75.7 Å². The van der Waals surface area contributed by atoms with Crippen molar-refractivity contribution in [3.63, 3.8) is 0 Å². The molecule has 5 rings (SSSR count). The molecule has 0 N–H and O–H groups in total. The Morgan fingerprint density at radius 1 is 1.06 bits per heavy atom. The molecule has 1 fully saturated rings. The first-order chi connectivity index (χ1) is 16.3. The molecule has 4 aromatic rings. The minimum Gasteiger partial charge on any atom is -0.336 e. The lowest BCUT2D eigenvalue weighted by Gasteiger charge is -2.34. The molecule has 4 heterocycles. The smallest absolute Gasteiger partial charge is 0.254 e. The van der Waals surface area contributed by atoms with Crippen LogP contribution >= 0.6 is 11.3 Å². The lowest BCUT2D eigenvalue weighted by Crippen LogP contribution is -2.50. The van der Waals surface area contributed by atoms with E-state index in [0.717, 1.165) is 16.1 Å². The maximum atomic E-state index is 13.5. The Labute approximate surface area is 202 Å². The fourth-order valence-corrected chi connectivity index (χ4v) is 6.28. The number of aryl methyl sites for hydroxylation is 2. The van der Waals surface area contributed by atoms with Gasteiger partial charge in [0.05, 0.1) is 28.6 Å². The second-order valence-electron chi connectivity index (χ2n) is 8.44. The molecule has 8 nitrogen and oxygen atoms in total. The number of nitrogens with zero attached hydrogens (tertiary/aromatic N) is 5. The van der Waals surface area contributed by atoms with Crippen LogP contribution < -0.4 is 0 Å². The highest BCUT2D eigenvalue weighted by Crippen LogP contribution is 2.24. The van der Waals surface area contributed by atoms with Gasteiger partial charge in [0.2, 0.25) is 10.0 Å². The molecular formula is C24H25N5O3S2. The molecule has 0 unspecified atom stereocenters. The number of aromatic nitrogens is 3. The van der Waals surface area contributed by atoms with Gasteiger partial charge in [-0.1, -0.05) is 23.8 Å². The van der Waals surface area contributed by atoms with E-state index in [2.05, 4.69) is 10.1 Å². The van der Waals surface area contributed by atoms with Gasteiger partial charge in [-0.15, -0.1) is 11.3 Å². The molecule has 0 atom stereocenters. The summed E-state index contributed by atoms with van der Waals surface area (Å²) >= 11 is 1.65. The van der Waals surface area contributed by atoms with Crippen molar-refractivity contribution in [1.29, 1.82) is 0 Å². The molecule has 1 saturated heterocycles. The normalized spacial score (nSPS) is 15.2. The van der Waals surface area contributed by atoms with E-state index < -0.39 is 10.0 Å². The second-order valence-corrected chi connectivity index (χ2v) is 11.4. The van der Waals surface area contributed by atoms with Gasteiger partial charge < -0.3 is 4.90 Å². The summed E-state index contributed by atoms with van der Waals surface area (Å²) in [4.78, 5) is 21.2. The van der Waals surface area contributed by atoms with E-state index in [-0.39, 0.29) is 23.9 Å². The molecule has 34 heavy (non-hydrogen) atoms. The zero-order chi connectivity index (χ0) is 23.9. The van der Waals surface area contributed by atoms with Crippen LogP contribution in [0.4, 0.5) is 0 Å². The van der Waals surface area contributed by atoms with Crippen molar-refractivity contribution in [1.82, 2.24) is 24.0 Å². The van der Waals surface area contributed by atoms with E-state index in [1.54, 1.807) is 52.8 Å². The monoisotopic (exact) mass is 495 g/mol. The number of sulfonamides is 1. The van der Waals surface area contributed by atoms with Crippen molar-refractivity contribution < 1.29 is 13.2 Å². The van der Waals surface area contributed by atoms with Gasteiger partial charge in [-0.2, -0.15) is 9.40 Å². The molecule has 0 bridgehead atoms. The highest BCUT2D eigenvalue weighted by Gasteiger charge is 2.31. The SMILES string of the molecule is Cc1ccc(S(=O)(=O)N2CCN(C(=O)c3cc(C)nc4c3cnn4Cc3cccs3)CC2)cc1. The molecule has 1 aliphatic rings. The van der Waals surface area contributed by atoms with E-state index >= 15 is 0 Å². The van der Waals surface area contributed by atoms with Crippen LogP contribution in [0.1, 0.15) is 26.5 Å². The van der Waals surface area contributed by atoms with Crippen LogP contribution in [0, 0.1) is 13.8 Å². The van der Waals surface area contributed by atoms with Crippen molar-refractivity contribution in [2.45, 2.75) is 25.3 Å². The number of hydrogen-bond acceptors (Lipinski definition) is 6. The number of thiophene rings is 1. The number of fused-ring (bicyclic) bond motifs is 1. The summed E-state index contributed by atoms with van der Waals surface area (Å²) in [7, 11) is -3.58. The van der Waals surface area contributed by atoms with E-state index in [4.69, 9.17) is 0 Å². The number of benzene rings is 1. The molecule has 0 spiro atoms. The van der Waals surface area contributed by atoms with E-state index in [1.807, 2.05) is 36.0 Å². The fourth-order valence-electron chi connectivity index (χ4n) is 4.18. The van der Waals surface area contributed by atoms with E-state index in [1.165, 1.54) is 4.31 Å². The number of carbonyl (C=O) groups is 1. The van der Waals surface area contributed by atoms with Crippen LogP contribution in [0.5, 0.6) is 0 Å². The Morgan fingerprint density at radius 2 is 1.79 bits per heavy atom. The third kappa shape index (κ3) is 4.24. The number of hydrogen-bond donors (Lipinski definition) is 0. The zero-order valence-electron chi connectivity index (χ0n) is 19.0. The minimum atomic E-state index is -3.58. The standard InChI is InChI=1S/C24H25N5O3S2/c1-17-5-7-20(8-6-17)34(31,32)28-11-9-27(10-12-28)24(30)21-14-18(2)26-23-22(21)15-25-29(23)16-19-4-3-13-33-19/h3-8,13-15H,9-12,16H2,1-2H3. The molecule has 1 amide bonds. The summed E-state index contributed by atoms with van der Waals surface area (Å²) in [6, 6.07) is 12.7. The Hall–Kier alpha value is -3.08. The molecule has 1 aromatic carbocycles. The van der Waals surface area contributed by atoms with Crippen LogP contribution in [0.15, 0.2) is 58.9 Å². The highest BCUT2D eigenvalue weighted by atomic mass is 32.2. The average Bonchev–Trinajstić information content (AvgIpc) is 3.49. The predicted octanol–water partition coefficient (Wildman–Crippen LogP) is 3.30. The van der Waals surface area contributed by atoms with Crippen molar-refractivity contribution >= 4 is 38.3 Å². The van der Waals surface area contributed by atoms with Gasteiger partial charge in [0.15, 0.2) is 5.65 Å². The van der Waals surface area contributed by atoms with Crippen molar-refractivity contribution in [2.75, 3.05) is 26.2 Å². The summed E-state index contributed by atoms with van der Waals surface area (Å²) in [6.45, 7) is 5.56. The van der Waals surface area contributed by atoms with Crippen molar-refractivity contribution in [3.8, 4) is 0 Å². The highest BCUT2D eigenvalue weighted by molar-refractivity contribution is 7.89. The summed E-state index contributed by atoms with van der Waals surface area (Å²) in [5.74, 6) is -0.126. The molecule has 0 saturated carbocycles. The third-order valence-corrected chi connectivity index (χ3v) is 8.81. The van der Waals surface area contributed by atoms with Crippen molar-refractivity contribution in [2.24, 2.45) is 0 Å². The number of amides is 1. The molecule has 0 aliphatic carbocycles. The largest absolute Gasteiger partial charge is 0.336 e. The third-order valence-electron chi connectivity index (χ3n) is 6.04. The Morgan fingerprint density at radius 3 is 2.47 bits per heavy atom. The van der Waals surface area contributed by atoms with Crippen LogP contribution in [0.3, 0.4) is 0 Å². The maximum absolute atomic E-state index is 13.5. The second kappa shape index (κ2) is 8.94. The molecule has 10 heteroatoms. The molecule has 1 aliphatic heterocycles. The van der Waals surface area contributed by atoms with Crippen LogP contribution in [0.25, 0.3) is 11.0 Å². The quantitative estimate of drug-likeness (QED) is 0.424. The van der Waals surface area contributed by atoms with Gasteiger partial charge in [-0.25, -0.2) is 18.1 Å². The first-order valence-electron chi connectivity index (χ1n) is 11.0. The van der Waals surface area contributed by atoms with Crippen LogP contribution in [0.2, 0.25) is 0 Å². The number of carbonyl (C=O) groups excluding carboxylic acids is 1. The van der Waals surface area contributed by atoms with Crippen LogP contribution in [-0.2, 0) is 16.6 Å². The fraction of sp³-hybridized carbons (Fsp3) is 0.292. The van der Waals surface area contributed by atoms with Gasteiger partial charge in [0.25, 0.3) is 5.91 Å². The summed E-state index contributed by atoms with van der Waals surface area (Å²) < 4.78 is 29.3.